The Hall–Kier alpha value is -1.91. The zero-order chi connectivity index (χ0) is 11.0. The van der Waals surface area contributed by atoms with E-state index >= 15 is 0 Å². The van der Waals surface area contributed by atoms with Gasteiger partial charge in [-0.25, -0.2) is 9.37 Å². The smallest absolute Gasteiger partial charge is 0.259 e. The van der Waals surface area contributed by atoms with Crippen molar-refractivity contribution in [2.45, 2.75) is 0 Å². The van der Waals surface area contributed by atoms with Gasteiger partial charge in [0.1, 0.15) is 0 Å². The SMILES string of the molecule is COc1c(F)nc2c(N)cccc2c1F. The number of nitrogen functional groups attached to an aromatic ring is 1. The number of hydrogen-bond donors (Lipinski definition) is 1. The third-order valence-electron chi connectivity index (χ3n) is 2.10. The highest BCUT2D eigenvalue weighted by Gasteiger charge is 2.16. The highest BCUT2D eigenvalue weighted by atomic mass is 19.1. The van der Waals surface area contributed by atoms with E-state index in [0.717, 1.165) is 0 Å². The molecule has 0 unspecified atom stereocenters. The summed E-state index contributed by atoms with van der Waals surface area (Å²) in [5.74, 6) is -2.28. The Balaban J connectivity index is 2.91. The van der Waals surface area contributed by atoms with Crippen molar-refractivity contribution in [3.05, 3.63) is 30.0 Å². The fourth-order valence-corrected chi connectivity index (χ4v) is 1.40. The second-order valence-corrected chi connectivity index (χ2v) is 2.99. The summed E-state index contributed by atoms with van der Waals surface area (Å²) < 4.78 is 31.4. The maximum atomic E-state index is 13.6. The van der Waals surface area contributed by atoms with Gasteiger partial charge in [0, 0.05) is 5.39 Å². The molecule has 3 nitrogen and oxygen atoms in total. The molecule has 5 heteroatoms. The summed E-state index contributed by atoms with van der Waals surface area (Å²) >= 11 is 0. The molecule has 0 saturated heterocycles. The topological polar surface area (TPSA) is 48.1 Å². The van der Waals surface area contributed by atoms with Crippen molar-refractivity contribution in [3.63, 3.8) is 0 Å². The lowest BCUT2D eigenvalue weighted by atomic mass is 10.2. The summed E-state index contributed by atoms with van der Waals surface area (Å²) in [6.45, 7) is 0. The number of hydrogen-bond acceptors (Lipinski definition) is 3. The van der Waals surface area contributed by atoms with Gasteiger partial charge in [-0.05, 0) is 12.1 Å². The number of nitrogens with zero attached hydrogens (tertiary/aromatic N) is 1. The number of aromatic nitrogens is 1. The number of pyridine rings is 1. The molecule has 1 aromatic carbocycles. The standard InChI is InChI=1S/C10H8F2N2O/c1-15-9-7(11)5-3-2-4-6(13)8(5)14-10(9)12/h2-4H,13H2,1H3. The van der Waals surface area contributed by atoms with E-state index in [0.29, 0.717) is 0 Å². The van der Waals surface area contributed by atoms with Crippen LogP contribution in [0.5, 0.6) is 5.75 Å². The van der Waals surface area contributed by atoms with E-state index in [-0.39, 0.29) is 16.6 Å². The molecule has 0 aliphatic carbocycles. The number of benzene rings is 1. The van der Waals surface area contributed by atoms with Gasteiger partial charge >= 0.3 is 0 Å². The fraction of sp³-hybridized carbons (Fsp3) is 0.100. The van der Waals surface area contributed by atoms with Gasteiger partial charge in [-0.2, -0.15) is 4.39 Å². The van der Waals surface area contributed by atoms with Gasteiger partial charge in [0.15, 0.2) is 5.82 Å². The van der Waals surface area contributed by atoms with E-state index in [4.69, 9.17) is 5.73 Å². The van der Waals surface area contributed by atoms with Gasteiger partial charge in [0.2, 0.25) is 5.75 Å². The Morgan fingerprint density at radius 3 is 2.73 bits per heavy atom. The van der Waals surface area contributed by atoms with Crippen LogP contribution >= 0.6 is 0 Å². The summed E-state index contributed by atoms with van der Waals surface area (Å²) in [6.07, 6.45) is 0. The molecule has 2 rings (SSSR count). The Morgan fingerprint density at radius 2 is 2.07 bits per heavy atom. The lowest BCUT2D eigenvalue weighted by Gasteiger charge is -2.07. The molecule has 0 atom stereocenters. The average molecular weight is 210 g/mol. The van der Waals surface area contributed by atoms with Crippen LogP contribution in [-0.2, 0) is 0 Å². The third kappa shape index (κ3) is 1.36. The van der Waals surface area contributed by atoms with Gasteiger partial charge in [-0.3, -0.25) is 0 Å². The largest absolute Gasteiger partial charge is 0.490 e. The number of halogens is 2. The first-order valence-electron chi connectivity index (χ1n) is 4.22. The van der Waals surface area contributed by atoms with Crippen molar-refractivity contribution >= 4 is 16.6 Å². The number of nitrogens with two attached hydrogens (primary N) is 1. The number of anilines is 1. The van der Waals surface area contributed by atoms with Crippen LogP contribution in [0, 0.1) is 11.8 Å². The van der Waals surface area contributed by atoms with Crippen LogP contribution in [0.3, 0.4) is 0 Å². The molecule has 78 valence electrons. The molecule has 0 saturated carbocycles. The minimum absolute atomic E-state index is 0.105. The molecule has 0 aliphatic heterocycles. The minimum atomic E-state index is -1.000. The zero-order valence-corrected chi connectivity index (χ0v) is 7.92. The van der Waals surface area contributed by atoms with Crippen LogP contribution < -0.4 is 10.5 Å². The van der Waals surface area contributed by atoms with Crippen molar-refractivity contribution in [3.8, 4) is 5.75 Å². The Bertz CT molecular complexity index is 528. The van der Waals surface area contributed by atoms with E-state index in [2.05, 4.69) is 9.72 Å². The van der Waals surface area contributed by atoms with Crippen molar-refractivity contribution in [1.82, 2.24) is 4.98 Å². The Labute approximate surface area is 84.5 Å². The lowest BCUT2D eigenvalue weighted by Crippen LogP contribution is -1.99. The number of methoxy groups -OCH3 is 1. The molecule has 0 fully saturated rings. The summed E-state index contributed by atoms with van der Waals surface area (Å²) in [5.41, 5.74) is 5.88. The number of ether oxygens (including phenoxy) is 1. The Morgan fingerprint density at radius 1 is 1.33 bits per heavy atom. The summed E-state index contributed by atoms with van der Waals surface area (Å²) in [5, 5.41) is 0.147. The molecule has 15 heavy (non-hydrogen) atoms. The third-order valence-corrected chi connectivity index (χ3v) is 2.10. The number of fused-ring (bicyclic) bond motifs is 1. The first kappa shape index (κ1) is 9.64. The molecule has 1 heterocycles. The molecular weight excluding hydrogens is 202 g/mol. The fourth-order valence-electron chi connectivity index (χ4n) is 1.40. The van der Waals surface area contributed by atoms with Crippen LogP contribution in [0.2, 0.25) is 0 Å². The van der Waals surface area contributed by atoms with Gasteiger partial charge in [0.05, 0.1) is 18.3 Å². The van der Waals surface area contributed by atoms with Gasteiger partial charge in [-0.15, -0.1) is 0 Å². The molecule has 0 radical (unpaired) electrons. The van der Waals surface area contributed by atoms with Crippen LogP contribution in [-0.4, -0.2) is 12.1 Å². The van der Waals surface area contributed by atoms with Crippen molar-refractivity contribution in [2.24, 2.45) is 0 Å². The van der Waals surface area contributed by atoms with Gasteiger partial charge in [-0.1, -0.05) is 6.07 Å². The van der Waals surface area contributed by atoms with Crippen LogP contribution in [0.4, 0.5) is 14.5 Å². The number of para-hydroxylation sites is 1. The van der Waals surface area contributed by atoms with Crippen molar-refractivity contribution < 1.29 is 13.5 Å². The van der Waals surface area contributed by atoms with E-state index in [1.807, 2.05) is 0 Å². The molecule has 0 aliphatic rings. The lowest BCUT2D eigenvalue weighted by molar-refractivity contribution is 0.355. The van der Waals surface area contributed by atoms with Gasteiger partial charge in [0.25, 0.3) is 5.95 Å². The second-order valence-electron chi connectivity index (χ2n) is 2.99. The maximum Gasteiger partial charge on any atom is 0.259 e. The molecular formula is C10H8F2N2O. The van der Waals surface area contributed by atoms with E-state index in [1.54, 1.807) is 6.07 Å². The predicted octanol–water partition coefficient (Wildman–Crippen LogP) is 2.10. The van der Waals surface area contributed by atoms with Crippen LogP contribution in [0.1, 0.15) is 0 Å². The quantitative estimate of drug-likeness (QED) is 0.579. The first-order valence-corrected chi connectivity index (χ1v) is 4.22. The predicted molar refractivity (Wildman–Crippen MR) is 52.6 cm³/mol. The van der Waals surface area contributed by atoms with E-state index < -0.39 is 17.5 Å². The summed E-state index contributed by atoms with van der Waals surface area (Å²) in [4.78, 5) is 3.55. The molecule has 0 amide bonds. The van der Waals surface area contributed by atoms with Crippen LogP contribution in [0.25, 0.3) is 10.9 Å². The molecule has 2 aromatic rings. The first-order chi connectivity index (χ1) is 7.15. The molecule has 0 spiro atoms. The zero-order valence-electron chi connectivity index (χ0n) is 7.92. The molecule has 2 N–H and O–H groups in total. The maximum absolute atomic E-state index is 13.6. The van der Waals surface area contributed by atoms with Gasteiger partial charge < -0.3 is 10.5 Å². The highest BCUT2D eigenvalue weighted by Crippen LogP contribution is 2.29. The highest BCUT2D eigenvalue weighted by molar-refractivity contribution is 5.90. The van der Waals surface area contributed by atoms with Crippen molar-refractivity contribution in [1.29, 1.82) is 0 Å². The summed E-state index contributed by atoms with van der Waals surface area (Å²) in [7, 11) is 1.18. The second kappa shape index (κ2) is 3.34. The molecule has 0 bridgehead atoms. The normalized spacial score (nSPS) is 10.6. The van der Waals surface area contributed by atoms with Crippen molar-refractivity contribution in [2.75, 3.05) is 12.8 Å². The minimum Gasteiger partial charge on any atom is -0.490 e. The van der Waals surface area contributed by atoms with Crippen LogP contribution in [0.15, 0.2) is 18.2 Å². The summed E-state index contributed by atoms with van der Waals surface area (Å²) in [6, 6.07) is 4.57. The van der Waals surface area contributed by atoms with E-state index in [1.165, 1.54) is 19.2 Å². The van der Waals surface area contributed by atoms with E-state index in [9.17, 15) is 8.78 Å². The average Bonchev–Trinajstić information content (AvgIpc) is 2.20. The number of rotatable bonds is 1. The molecule has 1 aromatic heterocycles. The Kier molecular flexibility index (Phi) is 2.15. The monoisotopic (exact) mass is 210 g/mol.